The molecular weight excluding hydrogens is 262 g/mol. The summed E-state index contributed by atoms with van der Waals surface area (Å²) in [5, 5.41) is 0. The molecule has 1 aliphatic heterocycles. The third kappa shape index (κ3) is 3.77. The molecule has 0 radical (unpaired) electrons. The smallest absolute Gasteiger partial charge is 0.260 e. The van der Waals surface area contributed by atoms with E-state index in [1.165, 1.54) is 0 Å². The highest BCUT2D eigenvalue weighted by Gasteiger charge is 2.17. The summed E-state index contributed by atoms with van der Waals surface area (Å²) in [6.45, 7) is 2.39. The first-order valence-corrected chi connectivity index (χ1v) is 6.44. The average Bonchev–Trinajstić information content (AvgIpc) is 2.53. The quantitative estimate of drug-likeness (QED) is 0.804. The molecule has 0 saturated carbocycles. The zero-order valence-electron chi connectivity index (χ0n) is 11.8. The van der Waals surface area contributed by atoms with E-state index in [9.17, 15) is 4.79 Å². The van der Waals surface area contributed by atoms with Gasteiger partial charge in [0.05, 0.1) is 27.4 Å². The monoisotopic (exact) mass is 281 g/mol. The predicted molar refractivity (Wildman–Crippen MR) is 72.4 cm³/mol. The zero-order valence-corrected chi connectivity index (χ0v) is 11.8. The van der Waals surface area contributed by atoms with Gasteiger partial charge in [0, 0.05) is 31.3 Å². The third-order valence-electron chi connectivity index (χ3n) is 3.05. The van der Waals surface area contributed by atoms with Gasteiger partial charge in [0.15, 0.2) is 6.61 Å². The summed E-state index contributed by atoms with van der Waals surface area (Å²) in [4.78, 5) is 13.7. The summed E-state index contributed by atoms with van der Waals surface area (Å²) >= 11 is 0. The molecule has 1 aliphatic rings. The van der Waals surface area contributed by atoms with Gasteiger partial charge >= 0.3 is 0 Å². The number of hydrogen-bond donors (Lipinski definition) is 0. The van der Waals surface area contributed by atoms with Crippen molar-refractivity contribution in [1.82, 2.24) is 4.90 Å². The molecule has 0 aromatic heterocycles. The Labute approximate surface area is 118 Å². The van der Waals surface area contributed by atoms with Crippen molar-refractivity contribution < 1.29 is 23.7 Å². The van der Waals surface area contributed by atoms with E-state index in [-0.39, 0.29) is 12.5 Å². The van der Waals surface area contributed by atoms with Crippen LogP contribution in [0.4, 0.5) is 0 Å². The Balaban J connectivity index is 1.94. The second-order valence-electron chi connectivity index (χ2n) is 4.33. The van der Waals surface area contributed by atoms with Gasteiger partial charge in [-0.3, -0.25) is 4.79 Å². The van der Waals surface area contributed by atoms with Crippen molar-refractivity contribution in [3.8, 4) is 17.2 Å². The summed E-state index contributed by atoms with van der Waals surface area (Å²) < 4.78 is 21.0. The number of carbonyl (C=O) groups excluding carboxylic acids is 1. The summed E-state index contributed by atoms with van der Waals surface area (Å²) in [5.41, 5.74) is 0. The molecule has 0 N–H and O–H groups in total. The van der Waals surface area contributed by atoms with E-state index in [0.717, 1.165) is 0 Å². The Morgan fingerprint density at radius 2 is 1.65 bits per heavy atom. The maximum Gasteiger partial charge on any atom is 0.260 e. The molecule has 0 atom stereocenters. The Morgan fingerprint density at radius 3 is 2.20 bits per heavy atom. The fraction of sp³-hybridized carbons (Fsp3) is 0.500. The maximum atomic E-state index is 12.0. The average molecular weight is 281 g/mol. The van der Waals surface area contributed by atoms with E-state index in [1.54, 1.807) is 37.3 Å². The lowest BCUT2D eigenvalue weighted by molar-refractivity contribution is -0.137. The SMILES string of the molecule is COc1cc(OC)cc(OCC(=O)N2CCOCC2)c1. The molecule has 6 nitrogen and oxygen atoms in total. The normalized spacial score (nSPS) is 14.8. The fourth-order valence-electron chi connectivity index (χ4n) is 1.91. The van der Waals surface area contributed by atoms with Gasteiger partial charge in [-0.25, -0.2) is 0 Å². The highest BCUT2D eigenvalue weighted by atomic mass is 16.5. The van der Waals surface area contributed by atoms with E-state index in [4.69, 9.17) is 18.9 Å². The molecule has 0 spiro atoms. The number of amides is 1. The lowest BCUT2D eigenvalue weighted by Crippen LogP contribution is -2.42. The molecule has 2 rings (SSSR count). The standard InChI is InChI=1S/C14H19NO5/c1-17-11-7-12(18-2)9-13(8-11)20-10-14(16)15-3-5-19-6-4-15/h7-9H,3-6,10H2,1-2H3. The van der Waals surface area contributed by atoms with Gasteiger partial charge < -0.3 is 23.8 Å². The molecule has 1 aromatic carbocycles. The van der Waals surface area contributed by atoms with E-state index in [1.807, 2.05) is 0 Å². The van der Waals surface area contributed by atoms with Gasteiger partial charge in [-0.1, -0.05) is 0 Å². The van der Waals surface area contributed by atoms with E-state index in [2.05, 4.69) is 0 Å². The van der Waals surface area contributed by atoms with Crippen LogP contribution in [0.25, 0.3) is 0 Å². The summed E-state index contributed by atoms with van der Waals surface area (Å²) in [6, 6.07) is 5.18. The molecule has 0 aliphatic carbocycles. The molecule has 1 saturated heterocycles. The Hall–Kier alpha value is -1.95. The van der Waals surface area contributed by atoms with Gasteiger partial charge in [-0.15, -0.1) is 0 Å². The van der Waals surface area contributed by atoms with Gasteiger partial charge in [-0.2, -0.15) is 0 Å². The number of ether oxygens (including phenoxy) is 4. The molecule has 6 heteroatoms. The number of carbonyl (C=O) groups is 1. The van der Waals surface area contributed by atoms with Crippen LogP contribution in [0.2, 0.25) is 0 Å². The van der Waals surface area contributed by atoms with Crippen LogP contribution in [0, 0.1) is 0 Å². The summed E-state index contributed by atoms with van der Waals surface area (Å²) in [5.74, 6) is 1.74. The largest absolute Gasteiger partial charge is 0.496 e. The van der Waals surface area contributed by atoms with Crippen molar-refractivity contribution >= 4 is 5.91 Å². The number of morpholine rings is 1. The van der Waals surface area contributed by atoms with Crippen LogP contribution in [-0.2, 0) is 9.53 Å². The van der Waals surface area contributed by atoms with Gasteiger partial charge in [-0.05, 0) is 0 Å². The number of methoxy groups -OCH3 is 2. The lowest BCUT2D eigenvalue weighted by Gasteiger charge is -2.26. The van der Waals surface area contributed by atoms with E-state index < -0.39 is 0 Å². The van der Waals surface area contributed by atoms with Crippen LogP contribution in [0.15, 0.2) is 18.2 Å². The highest BCUT2D eigenvalue weighted by molar-refractivity contribution is 5.77. The van der Waals surface area contributed by atoms with Crippen LogP contribution in [0.5, 0.6) is 17.2 Å². The lowest BCUT2D eigenvalue weighted by atomic mass is 10.3. The fourth-order valence-corrected chi connectivity index (χ4v) is 1.91. The van der Waals surface area contributed by atoms with Crippen molar-refractivity contribution in [2.45, 2.75) is 0 Å². The Kier molecular flexibility index (Phi) is 5.06. The van der Waals surface area contributed by atoms with Gasteiger partial charge in [0.2, 0.25) is 0 Å². The van der Waals surface area contributed by atoms with Gasteiger partial charge in [0.25, 0.3) is 5.91 Å². The summed E-state index contributed by atoms with van der Waals surface area (Å²) in [7, 11) is 3.13. The highest BCUT2D eigenvalue weighted by Crippen LogP contribution is 2.27. The number of hydrogen-bond acceptors (Lipinski definition) is 5. The molecule has 0 bridgehead atoms. The second-order valence-corrected chi connectivity index (χ2v) is 4.33. The molecule has 20 heavy (non-hydrogen) atoms. The van der Waals surface area contributed by atoms with Gasteiger partial charge in [0.1, 0.15) is 17.2 Å². The first-order valence-electron chi connectivity index (χ1n) is 6.44. The summed E-state index contributed by atoms with van der Waals surface area (Å²) in [6.07, 6.45) is 0. The molecule has 1 fully saturated rings. The molecule has 1 heterocycles. The molecule has 1 amide bonds. The Bertz CT molecular complexity index is 435. The minimum absolute atomic E-state index is 0.00365. The maximum absolute atomic E-state index is 12.0. The van der Waals surface area contributed by atoms with Crippen LogP contribution in [-0.4, -0.2) is 57.9 Å². The van der Waals surface area contributed by atoms with Crippen molar-refractivity contribution in [3.05, 3.63) is 18.2 Å². The van der Waals surface area contributed by atoms with Crippen molar-refractivity contribution in [2.75, 3.05) is 47.1 Å². The minimum Gasteiger partial charge on any atom is -0.496 e. The van der Waals surface area contributed by atoms with Crippen LogP contribution < -0.4 is 14.2 Å². The second kappa shape index (κ2) is 7.00. The minimum atomic E-state index is -0.0462. The first-order chi connectivity index (χ1) is 9.72. The van der Waals surface area contributed by atoms with Crippen LogP contribution >= 0.6 is 0 Å². The molecular formula is C14H19NO5. The van der Waals surface area contributed by atoms with Crippen LogP contribution in [0.3, 0.4) is 0 Å². The van der Waals surface area contributed by atoms with Crippen molar-refractivity contribution in [1.29, 1.82) is 0 Å². The van der Waals surface area contributed by atoms with E-state index >= 15 is 0 Å². The van der Waals surface area contributed by atoms with Crippen LogP contribution in [0.1, 0.15) is 0 Å². The van der Waals surface area contributed by atoms with Crippen molar-refractivity contribution in [3.63, 3.8) is 0 Å². The molecule has 0 unspecified atom stereocenters. The number of benzene rings is 1. The zero-order chi connectivity index (χ0) is 14.4. The number of rotatable bonds is 5. The van der Waals surface area contributed by atoms with Crippen molar-refractivity contribution in [2.24, 2.45) is 0 Å². The predicted octanol–water partition coefficient (Wildman–Crippen LogP) is 0.941. The molecule has 1 aromatic rings. The Morgan fingerprint density at radius 1 is 1.10 bits per heavy atom. The third-order valence-corrected chi connectivity index (χ3v) is 3.05. The number of nitrogens with zero attached hydrogens (tertiary/aromatic N) is 1. The molecule has 110 valence electrons. The topological polar surface area (TPSA) is 57.2 Å². The van der Waals surface area contributed by atoms with E-state index in [0.29, 0.717) is 43.6 Å². The first kappa shape index (κ1) is 14.5.